The van der Waals surface area contributed by atoms with E-state index in [4.69, 9.17) is 0 Å². The molecule has 1 aromatic rings. The Morgan fingerprint density at radius 3 is 2.73 bits per heavy atom. The van der Waals surface area contributed by atoms with Crippen molar-refractivity contribution >= 4 is 35.2 Å². The zero-order valence-corrected chi connectivity index (χ0v) is 17.4. The van der Waals surface area contributed by atoms with E-state index in [1.54, 1.807) is 11.8 Å². The molecule has 3 saturated heterocycles. The van der Waals surface area contributed by atoms with Crippen LogP contribution in [0.4, 0.5) is 10.5 Å². The van der Waals surface area contributed by atoms with Crippen LogP contribution in [0.5, 0.6) is 0 Å². The second-order valence-corrected chi connectivity index (χ2v) is 10.4. The van der Waals surface area contributed by atoms with Crippen molar-refractivity contribution in [3.05, 3.63) is 24.3 Å². The molecule has 1 spiro atoms. The molecule has 0 radical (unpaired) electrons. The molecule has 26 heavy (non-hydrogen) atoms. The van der Waals surface area contributed by atoms with Gasteiger partial charge in [-0.15, -0.1) is 23.5 Å². The summed E-state index contributed by atoms with van der Waals surface area (Å²) >= 11 is 3.77. The summed E-state index contributed by atoms with van der Waals surface area (Å²) in [4.78, 5) is 18.4. The highest BCUT2D eigenvalue weighted by atomic mass is 32.2. The number of carbonyl (C=O) groups is 1. The monoisotopic (exact) mass is 391 g/mol. The average Bonchev–Trinajstić information content (AvgIpc) is 3.07. The number of piperidine rings is 1. The maximum atomic E-state index is 12.6. The van der Waals surface area contributed by atoms with Crippen molar-refractivity contribution in [2.45, 2.75) is 41.9 Å². The zero-order chi connectivity index (χ0) is 18.1. The lowest BCUT2D eigenvalue weighted by molar-refractivity contribution is 0.107. The van der Waals surface area contributed by atoms with Gasteiger partial charge in [0.1, 0.15) is 0 Å². The summed E-state index contributed by atoms with van der Waals surface area (Å²) < 4.78 is 0.310. The first-order chi connectivity index (χ1) is 12.6. The highest BCUT2D eigenvalue weighted by molar-refractivity contribution is 8.01. The van der Waals surface area contributed by atoms with Crippen LogP contribution >= 0.6 is 23.5 Å². The second-order valence-electron chi connectivity index (χ2n) is 8.06. The van der Waals surface area contributed by atoms with E-state index in [2.05, 4.69) is 35.0 Å². The summed E-state index contributed by atoms with van der Waals surface area (Å²) in [5.41, 5.74) is 0.922. The van der Waals surface area contributed by atoms with Crippen molar-refractivity contribution < 1.29 is 4.79 Å². The first-order valence-electron chi connectivity index (χ1n) is 9.65. The number of amides is 2. The predicted molar refractivity (Wildman–Crippen MR) is 112 cm³/mol. The molecule has 6 heteroatoms. The van der Waals surface area contributed by atoms with Crippen LogP contribution in [0.15, 0.2) is 29.2 Å². The number of anilines is 1. The molecule has 3 aliphatic heterocycles. The molecule has 1 atom stereocenters. The smallest absolute Gasteiger partial charge is 0.321 e. The largest absolute Gasteiger partial charge is 0.322 e. The second kappa shape index (κ2) is 7.64. The van der Waals surface area contributed by atoms with Crippen LogP contribution < -0.4 is 5.32 Å². The van der Waals surface area contributed by atoms with E-state index in [9.17, 15) is 4.79 Å². The van der Waals surface area contributed by atoms with E-state index in [0.717, 1.165) is 35.6 Å². The molecule has 4 rings (SSSR count). The maximum absolute atomic E-state index is 12.6. The van der Waals surface area contributed by atoms with E-state index in [1.165, 1.54) is 38.1 Å². The average molecular weight is 392 g/mol. The Morgan fingerprint density at radius 2 is 2.00 bits per heavy atom. The van der Waals surface area contributed by atoms with Crippen LogP contribution in [0, 0.1) is 5.92 Å². The van der Waals surface area contributed by atoms with E-state index in [1.807, 2.05) is 29.4 Å². The molecule has 0 saturated carbocycles. The Bertz CT molecular complexity index is 654. The molecular formula is C20H29N3OS2. The van der Waals surface area contributed by atoms with Crippen molar-refractivity contribution in [3.63, 3.8) is 0 Å². The van der Waals surface area contributed by atoms with Crippen molar-refractivity contribution in [3.8, 4) is 0 Å². The quantitative estimate of drug-likeness (QED) is 0.782. The minimum Gasteiger partial charge on any atom is -0.322 e. The molecule has 3 aliphatic rings. The normalized spacial score (nSPS) is 26.1. The number of thioether (sulfide) groups is 2. The summed E-state index contributed by atoms with van der Waals surface area (Å²) in [6, 6.07) is 8.79. The highest BCUT2D eigenvalue weighted by Crippen LogP contribution is 2.47. The first-order valence-corrected chi connectivity index (χ1v) is 11.9. The third kappa shape index (κ3) is 3.73. The molecule has 1 N–H and O–H groups in total. The van der Waals surface area contributed by atoms with Crippen molar-refractivity contribution in [1.29, 1.82) is 0 Å². The molecule has 3 fully saturated rings. The number of likely N-dealkylation sites (tertiary alicyclic amines) is 2. The number of rotatable bonds is 3. The Kier molecular flexibility index (Phi) is 5.44. The topological polar surface area (TPSA) is 35.6 Å². The number of benzene rings is 1. The molecule has 1 unspecified atom stereocenters. The van der Waals surface area contributed by atoms with E-state index in [-0.39, 0.29) is 6.03 Å². The number of para-hydroxylation sites is 1. The fraction of sp³-hybridized carbons (Fsp3) is 0.650. The van der Waals surface area contributed by atoms with Gasteiger partial charge in [-0.3, -0.25) is 4.90 Å². The van der Waals surface area contributed by atoms with Gasteiger partial charge in [0, 0.05) is 29.8 Å². The van der Waals surface area contributed by atoms with Crippen molar-refractivity contribution in [1.82, 2.24) is 9.80 Å². The fourth-order valence-electron chi connectivity index (χ4n) is 4.40. The lowest BCUT2D eigenvalue weighted by Gasteiger charge is -2.47. The summed E-state index contributed by atoms with van der Waals surface area (Å²) in [6.07, 6.45) is 5.98. The lowest BCUT2D eigenvalue weighted by atomic mass is 9.90. The van der Waals surface area contributed by atoms with Gasteiger partial charge in [-0.25, -0.2) is 4.79 Å². The Hall–Kier alpha value is -0.850. The molecule has 0 aromatic heterocycles. The van der Waals surface area contributed by atoms with Gasteiger partial charge in [-0.1, -0.05) is 19.1 Å². The van der Waals surface area contributed by atoms with Gasteiger partial charge in [-0.05, 0) is 56.7 Å². The number of nitrogens with one attached hydrogen (secondary N) is 1. The summed E-state index contributed by atoms with van der Waals surface area (Å²) in [5, 5.41) is 3.10. The van der Waals surface area contributed by atoms with Gasteiger partial charge in [-0.2, -0.15) is 0 Å². The van der Waals surface area contributed by atoms with E-state index < -0.39 is 0 Å². The highest BCUT2D eigenvalue weighted by Gasteiger charge is 2.51. The standard InChI is InChI=1S/C20H29N3OS2/c1-15-7-9-22(10-8-15)16-11-20(26-12-16)13-23(14-20)19(24)21-17-5-3-4-6-18(17)25-2/h3-6,15-16H,7-14H2,1-2H3,(H,21,24). The maximum Gasteiger partial charge on any atom is 0.321 e. The molecule has 4 nitrogen and oxygen atoms in total. The van der Waals surface area contributed by atoms with Crippen LogP contribution in [0.1, 0.15) is 26.2 Å². The summed E-state index contributed by atoms with van der Waals surface area (Å²) in [6.45, 7) is 6.69. The third-order valence-corrected chi connectivity index (χ3v) is 8.50. The minimum atomic E-state index is 0.0490. The summed E-state index contributed by atoms with van der Waals surface area (Å²) in [5.74, 6) is 2.13. The van der Waals surface area contributed by atoms with E-state index in [0.29, 0.717) is 4.75 Å². The molecule has 2 amide bonds. The van der Waals surface area contributed by atoms with Gasteiger partial charge in [0.15, 0.2) is 0 Å². The number of hydrogen-bond acceptors (Lipinski definition) is 4. The molecule has 0 bridgehead atoms. The van der Waals surface area contributed by atoms with Crippen LogP contribution in [0.3, 0.4) is 0 Å². The molecule has 1 aromatic carbocycles. The molecular weight excluding hydrogens is 362 g/mol. The van der Waals surface area contributed by atoms with Crippen LogP contribution in [0.25, 0.3) is 0 Å². The van der Waals surface area contributed by atoms with Crippen LogP contribution in [0.2, 0.25) is 0 Å². The number of nitrogens with zero attached hydrogens (tertiary/aromatic N) is 2. The van der Waals surface area contributed by atoms with Crippen molar-refractivity contribution in [2.24, 2.45) is 5.92 Å². The van der Waals surface area contributed by atoms with Gasteiger partial charge in [0.05, 0.1) is 10.4 Å². The number of hydrogen-bond donors (Lipinski definition) is 1. The molecule has 0 aliphatic carbocycles. The van der Waals surface area contributed by atoms with Gasteiger partial charge < -0.3 is 10.2 Å². The Morgan fingerprint density at radius 1 is 1.27 bits per heavy atom. The first kappa shape index (κ1) is 18.5. The third-order valence-electron chi connectivity index (χ3n) is 6.12. The predicted octanol–water partition coefficient (Wildman–Crippen LogP) is 4.23. The molecule has 142 valence electrons. The molecule has 3 heterocycles. The van der Waals surface area contributed by atoms with Crippen LogP contribution in [-0.4, -0.2) is 64.8 Å². The van der Waals surface area contributed by atoms with Crippen LogP contribution in [-0.2, 0) is 0 Å². The van der Waals surface area contributed by atoms with E-state index >= 15 is 0 Å². The van der Waals surface area contributed by atoms with Gasteiger partial charge in [0.2, 0.25) is 0 Å². The van der Waals surface area contributed by atoms with Gasteiger partial charge >= 0.3 is 6.03 Å². The minimum absolute atomic E-state index is 0.0490. The number of carbonyl (C=O) groups excluding carboxylic acids is 1. The number of urea groups is 1. The zero-order valence-electron chi connectivity index (χ0n) is 15.7. The van der Waals surface area contributed by atoms with Crippen molar-refractivity contribution in [2.75, 3.05) is 43.5 Å². The fourth-order valence-corrected chi connectivity index (χ4v) is 6.64. The Labute approximate surface area is 165 Å². The lowest BCUT2D eigenvalue weighted by Crippen LogP contribution is -2.62. The Balaban J connectivity index is 1.29. The van der Waals surface area contributed by atoms with Gasteiger partial charge in [0.25, 0.3) is 0 Å². The SMILES string of the molecule is CSc1ccccc1NC(=O)N1CC2(CC(N3CCC(C)CC3)CS2)C1. The summed E-state index contributed by atoms with van der Waals surface area (Å²) in [7, 11) is 0.